The molecular formula is C16H24N2O3. The van der Waals surface area contributed by atoms with Gasteiger partial charge in [-0.25, -0.2) is 4.79 Å². The standard InChI is InChI=1S/C16H24N2O3/c1-4-17-15(19)14(10-12(2)3)18-16(20)21-11-13-8-6-5-7-9-13/h5-9,12,14H,4,10-11H2,1-3H3,(H,17,19)(H,18,20)/t14-/m0/s1. The molecule has 0 radical (unpaired) electrons. The van der Waals surface area contributed by atoms with Crippen LogP contribution in [0.25, 0.3) is 0 Å². The highest BCUT2D eigenvalue weighted by atomic mass is 16.5. The smallest absolute Gasteiger partial charge is 0.408 e. The van der Waals surface area contributed by atoms with Crippen LogP contribution in [0.15, 0.2) is 30.3 Å². The number of alkyl carbamates (subject to hydrolysis) is 1. The third kappa shape index (κ3) is 6.79. The summed E-state index contributed by atoms with van der Waals surface area (Å²) < 4.78 is 5.14. The lowest BCUT2D eigenvalue weighted by Gasteiger charge is -2.19. The number of carbonyl (C=O) groups is 2. The summed E-state index contributed by atoms with van der Waals surface area (Å²) in [5.74, 6) is 0.120. The molecule has 1 aromatic carbocycles. The fraction of sp³-hybridized carbons (Fsp3) is 0.500. The molecule has 2 N–H and O–H groups in total. The predicted octanol–water partition coefficient (Wildman–Crippen LogP) is 2.46. The zero-order valence-electron chi connectivity index (χ0n) is 12.9. The average Bonchev–Trinajstić information content (AvgIpc) is 2.45. The van der Waals surface area contributed by atoms with Crippen LogP contribution in [0, 0.1) is 5.92 Å². The van der Waals surface area contributed by atoms with Crippen molar-refractivity contribution in [2.24, 2.45) is 5.92 Å². The van der Waals surface area contributed by atoms with E-state index in [1.165, 1.54) is 0 Å². The summed E-state index contributed by atoms with van der Waals surface area (Å²) in [6, 6.07) is 8.86. The molecule has 0 heterocycles. The molecule has 1 atom stereocenters. The number of carbonyl (C=O) groups excluding carboxylic acids is 2. The van der Waals surface area contributed by atoms with Gasteiger partial charge in [0.2, 0.25) is 5.91 Å². The van der Waals surface area contributed by atoms with Crippen LogP contribution in [0.4, 0.5) is 4.79 Å². The molecule has 5 nitrogen and oxygen atoms in total. The summed E-state index contributed by atoms with van der Waals surface area (Å²) in [7, 11) is 0. The third-order valence-corrected chi connectivity index (χ3v) is 2.88. The SMILES string of the molecule is CCNC(=O)[C@H](CC(C)C)NC(=O)OCc1ccccc1. The number of rotatable bonds is 7. The topological polar surface area (TPSA) is 67.4 Å². The van der Waals surface area contributed by atoms with Crippen molar-refractivity contribution in [3.63, 3.8) is 0 Å². The lowest BCUT2D eigenvalue weighted by molar-refractivity contribution is -0.123. The van der Waals surface area contributed by atoms with Crippen molar-refractivity contribution in [2.75, 3.05) is 6.54 Å². The molecule has 0 aliphatic heterocycles. The van der Waals surface area contributed by atoms with E-state index in [4.69, 9.17) is 4.74 Å². The minimum absolute atomic E-state index is 0.178. The fourth-order valence-corrected chi connectivity index (χ4v) is 1.91. The monoisotopic (exact) mass is 292 g/mol. The fourth-order valence-electron chi connectivity index (χ4n) is 1.91. The van der Waals surface area contributed by atoms with Crippen molar-refractivity contribution in [3.8, 4) is 0 Å². The molecule has 1 aromatic rings. The Morgan fingerprint density at radius 1 is 1.19 bits per heavy atom. The second kappa shape index (κ2) is 9.00. The Balaban J connectivity index is 2.49. The lowest BCUT2D eigenvalue weighted by Crippen LogP contribution is -2.47. The highest BCUT2D eigenvalue weighted by Crippen LogP contribution is 2.06. The zero-order valence-corrected chi connectivity index (χ0v) is 12.9. The maximum Gasteiger partial charge on any atom is 0.408 e. The Hall–Kier alpha value is -2.04. The lowest BCUT2D eigenvalue weighted by atomic mass is 10.0. The van der Waals surface area contributed by atoms with Gasteiger partial charge in [0.15, 0.2) is 0 Å². The van der Waals surface area contributed by atoms with Gasteiger partial charge >= 0.3 is 6.09 Å². The van der Waals surface area contributed by atoms with Crippen LogP contribution in [0.3, 0.4) is 0 Å². The van der Waals surface area contributed by atoms with Crippen LogP contribution in [0.2, 0.25) is 0 Å². The van der Waals surface area contributed by atoms with Crippen LogP contribution in [-0.4, -0.2) is 24.6 Å². The summed E-state index contributed by atoms with van der Waals surface area (Å²) in [6.07, 6.45) is 0.00229. The van der Waals surface area contributed by atoms with E-state index in [-0.39, 0.29) is 12.5 Å². The highest BCUT2D eigenvalue weighted by molar-refractivity contribution is 5.85. The first-order valence-corrected chi connectivity index (χ1v) is 7.27. The van der Waals surface area contributed by atoms with Gasteiger partial charge in [-0.05, 0) is 24.8 Å². The number of amides is 2. The number of nitrogens with one attached hydrogen (secondary N) is 2. The average molecular weight is 292 g/mol. The van der Waals surface area contributed by atoms with Gasteiger partial charge in [-0.2, -0.15) is 0 Å². The Morgan fingerprint density at radius 3 is 2.43 bits per heavy atom. The molecule has 0 bridgehead atoms. The third-order valence-electron chi connectivity index (χ3n) is 2.88. The Bertz CT molecular complexity index is 446. The predicted molar refractivity (Wildman–Crippen MR) is 81.7 cm³/mol. The van der Waals surface area contributed by atoms with Crippen molar-refractivity contribution in [1.29, 1.82) is 0 Å². The van der Waals surface area contributed by atoms with E-state index in [0.717, 1.165) is 5.56 Å². The molecule has 0 saturated heterocycles. The summed E-state index contributed by atoms with van der Waals surface area (Å²) >= 11 is 0. The molecule has 0 spiro atoms. The first-order chi connectivity index (χ1) is 10.0. The van der Waals surface area contributed by atoms with E-state index in [1.54, 1.807) is 0 Å². The van der Waals surface area contributed by atoms with Gasteiger partial charge in [0.25, 0.3) is 0 Å². The molecule has 0 saturated carbocycles. The van der Waals surface area contributed by atoms with Gasteiger partial charge in [-0.3, -0.25) is 4.79 Å². The van der Waals surface area contributed by atoms with E-state index in [9.17, 15) is 9.59 Å². The van der Waals surface area contributed by atoms with E-state index in [0.29, 0.717) is 18.9 Å². The molecule has 2 amide bonds. The van der Waals surface area contributed by atoms with Crippen LogP contribution >= 0.6 is 0 Å². The Labute approximate surface area is 126 Å². The van der Waals surface area contributed by atoms with E-state index in [1.807, 2.05) is 51.1 Å². The van der Waals surface area contributed by atoms with Crippen LogP contribution in [0.5, 0.6) is 0 Å². The highest BCUT2D eigenvalue weighted by Gasteiger charge is 2.21. The molecule has 0 fully saturated rings. The second-order valence-corrected chi connectivity index (χ2v) is 5.28. The number of ether oxygens (including phenoxy) is 1. The summed E-state index contributed by atoms with van der Waals surface area (Å²) in [5.41, 5.74) is 0.908. The molecule has 5 heteroatoms. The maximum absolute atomic E-state index is 11.9. The minimum atomic E-state index is -0.573. The van der Waals surface area contributed by atoms with Crippen molar-refractivity contribution >= 4 is 12.0 Å². The van der Waals surface area contributed by atoms with Gasteiger partial charge in [0.05, 0.1) is 0 Å². The van der Waals surface area contributed by atoms with Crippen molar-refractivity contribution in [2.45, 2.75) is 39.8 Å². The molecular weight excluding hydrogens is 268 g/mol. The van der Waals surface area contributed by atoms with Crippen molar-refractivity contribution < 1.29 is 14.3 Å². The molecule has 1 rings (SSSR count). The number of likely N-dealkylation sites (N-methyl/N-ethyl adjacent to an activating group) is 1. The first-order valence-electron chi connectivity index (χ1n) is 7.27. The van der Waals surface area contributed by atoms with Crippen LogP contribution in [-0.2, 0) is 16.1 Å². The number of benzene rings is 1. The second-order valence-electron chi connectivity index (χ2n) is 5.28. The molecule has 0 aliphatic carbocycles. The summed E-state index contributed by atoms with van der Waals surface area (Å²) in [6.45, 7) is 6.58. The van der Waals surface area contributed by atoms with Gasteiger partial charge in [-0.1, -0.05) is 44.2 Å². The molecule has 0 aliphatic rings. The quantitative estimate of drug-likeness (QED) is 0.811. The Kier molecular flexibility index (Phi) is 7.29. The molecule has 0 aromatic heterocycles. The minimum Gasteiger partial charge on any atom is -0.445 e. The van der Waals surface area contributed by atoms with E-state index < -0.39 is 12.1 Å². The maximum atomic E-state index is 11.9. The Morgan fingerprint density at radius 2 is 1.86 bits per heavy atom. The summed E-state index contributed by atoms with van der Waals surface area (Å²) in [5, 5.41) is 5.35. The van der Waals surface area contributed by atoms with Crippen LogP contribution in [0.1, 0.15) is 32.8 Å². The van der Waals surface area contributed by atoms with E-state index in [2.05, 4.69) is 10.6 Å². The van der Waals surface area contributed by atoms with E-state index >= 15 is 0 Å². The molecule has 116 valence electrons. The number of hydrogen-bond donors (Lipinski definition) is 2. The zero-order chi connectivity index (χ0) is 15.7. The summed E-state index contributed by atoms with van der Waals surface area (Å²) in [4.78, 5) is 23.7. The number of hydrogen-bond acceptors (Lipinski definition) is 3. The van der Waals surface area contributed by atoms with Crippen molar-refractivity contribution in [3.05, 3.63) is 35.9 Å². The van der Waals surface area contributed by atoms with Gasteiger partial charge in [0, 0.05) is 6.54 Å². The van der Waals surface area contributed by atoms with Gasteiger partial charge < -0.3 is 15.4 Å². The first kappa shape index (κ1) is 17.0. The molecule has 0 unspecified atom stereocenters. The van der Waals surface area contributed by atoms with Gasteiger partial charge in [-0.15, -0.1) is 0 Å². The van der Waals surface area contributed by atoms with Gasteiger partial charge in [0.1, 0.15) is 12.6 Å². The molecule has 21 heavy (non-hydrogen) atoms. The van der Waals surface area contributed by atoms with Crippen molar-refractivity contribution in [1.82, 2.24) is 10.6 Å². The normalized spacial score (nSPS) is 11.8. The largest absolute Gasteiger partial charge is 0.445 e. The van der Waals surface area contributed by atoms with Crippen LogP contribution < -0.4 is 10.6 Å².